The van der Waals surface area contributed by atoms with E-state index in [2.05, 4.69) is 31.0 Å². The Bertz CT molecular complexity index is 335. The lowest BCUT2D eigenvalue weighted by atomic mass is 10.1. The van der Waals surface area contributed by atoms with Crippen LogP contribution in [0.5, 0.6) is 5.75 Å². The van der Waals surface area contributed by atoms with Gasteiger partial charge in [-0.05, 0) is 51.6 Å². The molecule has 0 radical (unpaired) electrons. The molecule has 0 aromatic heterocycles. The highest BCUT2D eigenvalue weighted by Crippen LogP contribution is 2.18. The Balaban J connectivity index is 2.55. The number of rotatable bonds is 7. The van der Waals surface area contributed by atoms with Gasteiger partial charge in [0.1, 0.15) is 5.75 Å². The number of nitrogens with zero attached hydrogens (tertiary/aromatic N) is 1. The van der Waals surface area contributed by atoms with Gasteiger partial charge in [0.05, 0.1) is 6.10 Å². The van der Waals surface area contributed by atoms with Crippen molar-refractivity contribution < 1.29 is 4.74 Å². The topological polar surface area (TPSA) is 38.5 Å². The standard InChI is InChI=1S/C15H26N2O/c1-5-10-17(4)11-15(16)13-6-8-14(9-7-13)18-12(2)3/h6-9,12,15H,5,10-11,16H2,1-4H3. The molecule has 102 valence electrons. The van der Waals surface area contributed by atoms with E-state index in [9.17, 15) is 0 Å². The molecule has 0 amide bonds. The Labute approximate surface area is 111 Å². The van der Waals surface area contributed by atoms with E-state index in [0.717, 1.165) is 30.8 Å². The molecule has 2 N–H and O–H groups in total. The molecule has 3 heteroatoms. The predicted octanol–water partition coefficient (Wildman–Crippen LogP) is 2.82. The average molecular weight is 250 g/mol. The first-order chi connectivity index (χ1) is 8.52. The van der Waals surface area contributed by atoms with Gasteiger partial charge >= 0.3 is 0 Å². The maximum Gasteiger partial charge on any atom is 0.119 e. The minimum absolute atomic E-state index is 0.0645. The SMILES string of the molecule is CCCN(C)CC(N)c1ccc(OC(C)C)cc1. The molecular weight excluding hydrogens is 224 g/mol. The van der Waals surface area contributed by atoms with Crippen LogP contribution in [0.2, 0.25) is 0 Å². The van der Waals surface area contributed by atoms with Crippen LogP contribution in [0.4, 0.5) is 0 Å². The molecule has 0 saturated carbocycles. The lowest BCUT2D eigenvalue weighted by Gasteiger charge is -2.21. The summed E-state index contributed by atoms with van der Waals surface area (Å²) in [6.45, 7) is 8.21. The van der Waals surface area contributed by atoms with Crippen LogP contribution >= 0.6 is 0 Å². The van der Waals surface area contributed by atoms with Crippen molar-refractivity contribution in [1.82, 2.24) is 4.90 Å². The first-order valence-electron chi connectivity index (χ1n) is 6.73. The Hall–Kier alpha value is -1.06. The summed E-state index contributed by atoms with van der Waals surface area (Å²) in [5.41, 5.74) is 7.36. The number of hydrogen-bond donors (Lipinski definition) is 1. The van der Waals surface area contributed by atoms with Gasteiger partial charge in [0.25, 0.3) is 0 Å². The first-order valence-corrected chi connectivity index (χ1v) is 6.73. The third-order valence-electron chi connectivity index (χ3n) is 2.79. The second-order valence-electron chi connectivity index (χ2n) is 5.10. The molecule has 1 unspecified atom stereocenters. The van der Waals surface area contributed by atoms with Crippen molar-refractivity contribution in [1.29, 1.82) is 0 Å². The van der Waals surface area contributed by atoms with Crippen molar-refractivity contribution in [2.45, 2.75) is 39.3 Å². The van der Waals surface area contributed by atoms with Gasteiger partial charge in [-0.2, -0.15) is 0 Å². The summed E-state index contributed by atoms with van der Waals surface area (Å²) in [7, 11) is 2.11. The molecule has 0 aliphatic carbocycles. The van der Waals surface area contributed by atoms with E-state index in [1.54, 1.807) is 0 Å². The molecule has 1 rings (SSSR count). The number of likely N-dealkylation sites (N-methyl/N-ethyl adjacent to an activating group) is 1. The maximum atomic E-state index is 6.20. The van der Waals surface area contributed by atoms with Crippen molar-refractivity contribution in [2.75, 3.05) is 20.1 Å². The maximum absolute atomic E-state index is 6.20. The molecule has 1 aromatic rings. The van der Waals surface area contributed by atoms with Crippen LogP contribution in [0.25, 0.3) is 0 Å². The van der Waals surface area contributed by atoms with Crippen LogP contribution in [0.15, 0.2) is 24.3 Å². The Kier molecular flexibility index (Phi) is 6.16. The van der Waals surface area contributed by atoms with Crippen molar-refractivity contribution >= 4 is 0 Å². The van der Waals surface area contributed by atoms with Gasteiger partial charge < -0.3 is 15.4 Å². The lowest BCUT2D eigenvalue weighted by Crippen LogP contribution is -2.29. The summed E-state index contributed by atoms with van der Waals surface area (Å²) in [6.07, 6.45) is 1.37. The summed E-state index contributed by atoms with van der Waals surface area (Å²) in [6, 6.07) is 8.17. The van der Waals surface area contributed by atoms with Gasteiger partial charge in [0, 0.05) is 12.6 Å². The molecule has 0 fully saturated rings. The third-order valence-corrected chi connectivity index (χ3v) is 2.79. The van der Waals surface area contributed by atoms with E-state index >= 15 is 0 Å². The highest BCUT2D eigenvalue weighted by molar-refractivity contribution is 5.29. The van der Waals surface area contributed by atoms with Crippen molar-refractivity contribution in [3.05, 3.63) is 29.8 Å². The molecule has 18 heavy (non-hydrogen) atoms. The fourth-order valence-corrected chi connectivity index (χ4v) is 1.98. The Morgan fingerprint density at radius 1 is 1.22 bits per heavy atom. The zero-order chi connectivity index (χ0) is 13.5. The van der Waals surface area contributed by atoms with Gasteiger partial charge in [-0.15, -0.1) is 0 Å². The summed E-state index contributed by atoms with van der Waals surface area (Å²) >= 11 is 0. The summed E-state index contributed by atoms with van der Waals surface area (Å²) in [4.78, 5) is 2.27. The Morgan fingerprint density at radius 2 is 1.83 bits per heavy atom. The summed E-state index contributed by atoms with van der Waals surface area (Å²) in [5, 5.41) is 0. The first kappa shape index (κ1) is 15.0. The van der Waals surface area contributed by atoms with Crippen LogP contribution in [-0.2, 0) is 0 Å². The minimum atomic E-state index is 0.0645. The molecule has 3 nitrogen and oxygen atoms in total. The van der Waals surface area contributed by atoms with Crippen molar-refractivity contribution in [2.24, 2.45) is 5.73 Å². The van der Waals surface area contributed by atoms with E-state index in [4.69, 9.17) is 10.5 Å². The molecular formula is C15H26N2O. The van der Waals surface area contributed by atoms with Gasteiger partial charge in [-0.1, -0.05) is 19.1 Å². The second kappa shape index (κ2) is 7.39. The van der Waals surface area contributed by atoms with Gasteiger partial charge in [0.15, 0.2) is 0 Å². The average Bonchev–Trinajstić information content (AvgIpc) is 2.29. The molecule has 0 aliphatic heterocycles. The Morgan fingerprint density at radius 3 is 2.33 bits per heavy atom. The third kappa shape index (κ3) is 5.07. The minimum Gasteiger partial charge on any atom is -0.491 e. The van der Waals surface area contributed by atoms with Crippen molar-refractivity contribution in [3.8, 4) is 5.75 Å². The van der Waals surface area contributed by atoms with E-state index in [1.807, 2.05) is 26.0 Å². The van der Waals surface area contributed by atoms with Crippen molar-refractivity contribution in [3.63, 3.8) is 0 Å². The normalized spacial score (nSPS) is 13.1. The molecule has 0 aliphatic rings. The van der Waals surface area contributed by atoms with Crippen LogP contribution < -0.4 is 10.5 Å². The number of benzene rings is 1. The van der Waals surface area contributed by atoms with Gasteiger partial charge in [0.2, 0.25) is 0 Å². The molecule has 0 bridgehead atoms. The number of ether oxygens (including phenoxy) is 1. The van der Waals surface area contributed by atoms with Crippen LogP contribution in [0.3, 0.4) is 0 Å². The van der Waals surface area contributed by atoms with E-state index in [1.165, 1.54) is 0 Å². The molecule has 0 spiro atoms. The second-order valence-corrected chi connectivity index (χ2v) is 5.10. The fraction of sp³-hybridized carbons (Fsp3) is 0.600. The lowest BCUT2D eigenvalue weighted by molar-refractivity contribution is 0.242. The van der Waals surface area contributed by atoms with Crippen LogP contribution in [0, 0.1) is 0 Å². The molecule has 1 atom stereocenters. The zero-order valence-corrected chi connectivity index (χ0v) is 12.0. The number of nitrogens with two attached hydrogens (primary N) is 1. The van der Waals surface area contributed by atoms with E-state index in [-0.39, 0.29) is 12.1 Å². The summed E-state index contributed by atoms with van der Waals surface area (Å²) in [5.74, 6) is 0.905. The molecule has 1 aromatic carbocycles. The van der Waals surface area contributed by atoms with Gasteiger partial charge in [-0.3, -0.25) is 0 Å². The predicted molar refractivity (Wildman–Crippen MR) is 76.9 cm³/mol. The van der Waals surface area contributed by atoms with E-state index < -0.39 is 0 Å². The van der Waals surface area contributed by atoms with Gasteiger partial charge in [-0.25, -0.2) is 0 Å². The van der Waals surface area contributed by atoms with Crippen LogP contribution in [0.1, 0.15) is 38.8 Å². The fourth-order valence-electron chi connectivity index (χ4n) is 1.98. The monoisotopic (exact) mass is 250 g/mol. The zero-order valence-electron chi connectivity index (χ0n) is 12.0. The summed E-state index contributed by atoms with van der Waals surface area (Å²) < 4.78 is 5.62. The smallest absolute Gasteiger partial charge is 0.119 e. The molecule has 0 saturated heterocycles. The van der Waals surface area contributed by atoms with Crippen LogP contribution in [-0.4, -0.2) is 31.1 Å². The number of hydrogen-bond acceptors (Lipinski definition) is 3. The highest BCUT2D eigenvalue weighted by Gasteiger charge is 2.09. The highest BCUT2D eigenvalue weighted by atomic mass is 16.5. The molecule has 0 heterocycles. The quantitative estimate of drug-likeness (QED) is 0.808. The largest absolute Gasteiger partial charge is 0.491 e. The van der Waals surface area contributed by atoms with E-state index in [0.29, 0.717) is 0 Å².